The molecule has 2 rings (SSSR count). The SMILES string of the molecule is O=C(C=Cc1ccc([N+](=O)[O-])o1)CCN1CCOCC1. The minimum Gasteiger partial charge on any atom is -0.401 e. The third-order valence-electron chi connectivity index (χ3n) is 3.00. The number of carbonyl (C=O) groups is 1. The Morgan fingerprint density at radius 1 is 1.40 bits per heavy atom. The van der Waals surface area contributed by atoms with Gasteiger partial charge in [0.1, 0.15) is 10.7 Å². The van der Waals surface area contributed by atoms with Crippen LogP contribution in [-0.4, -0.2) is 48.5 Å². The van der Waals surface area contributed by atoms with Crippen molar-refractivity contribution in [3.63, 3.8) is 0 Å². The van der Waals surface area contributed by atoms with Crippen LogP contribution < -0.4 is 0 Å². The highest BCUT2D eigenvalue weighted by molar-refractivity contribution is 5.93. The number of carbonyl (C=O) groups excluding carboxylic acids is 1. The molecule has 7 heteroatoms. The van der Waals surface area contributed by atoms with E-state index in [9.17, 15) is 14.9 Å². The lowest BCUT2D eigenvalue weighted by atomic mass is 10.2. The van der Waals surface area contributed by atoms with Gasteiger partial charge in [-0.25, -0.2) is 0 Å². The van der Waals surface area contributed by atoms with Gasteiger partial charge < -0.3 is 9.15 Å². The highest BCUT2D eigenvalue weighted by Gasteiger charge is 2.12. The second-order valence-electron chi connectivity index (χ2n) is 4.44. The molecule has 0 bridgehead atoms. The summed E-state index contributed by atoms with van der Waals surface area (Å²) in [6, 6.07) is 2.72. The van der Waals surface area contributed by atoms with E-state index in [4.69, 9.17) is 9.15 Å². The first-order valence-corrected chi connectivity index (χ1v) is 6.40. The summed E-state index contributed by atoms with van der Waals surface area (Å²) in [4.78, 5) is 23.7. The number of nitrogens with zero attached hydrogens (tertiary/aromatic N) is 2. The zero-order valence-electron chi connectivity index (χ0n) is 11.0. The Morgan fingerprint density at radius 2 is 2.15 bits per heavy atom. The molecule has 0 amide bonds. The van der Waals surface area contributed by atoms with Crippen LogP contribution in [0.1, 0.15) is 12.2 Å². The Labute approximate surface area is 116 Å². The van der Waals surface area contributed by atoms with Crippen LogP contribution >= 0.6 is 0 Å². The van der Waals surface area contributed by atoms with Crippen LogP contribution in [0.15, 0.2) is 22.6 Å². The first kappa shape index (κ1) is 14.4. The third kappa shape index (κ3) is 4.29. The Balaban J connectivity index is 1.77. The van der Waals surface area contributed by atoms with Gasteiger partial charge in [-0.05, 0) is 18.2 Å². The van der Waals surface area contributed by atoms with Crippen molar-refractivity contribution in [1.29, 1.82) is 0 Å². The summed E-state index contributed by atoms with van der Waals surface area (Å²) in [6.07, 6.45) is 3.26. The quantitative estimate of drug-likeness (QED) is 0.446. The van der Waals surface area contributed by atoms with Crippen LogP contribution in [0.2, 0.25) is 0 Å². The molecule has 0 saturated carbocycles. The van der Waals surface area contributed by atoms with Crippen molar-refractivity contribution in [3.05, 3.63) is 34.1 Å². The van der Waals surface area contributed by atoms with Crippen molar-refractivity contribution in [1.82, 2.24) is 4.90 Å². The van der Waals surface area contributed by atoms with Crippen molar-refractivity contribution < 1.29 is 18.9 Å². The molecule has 108 valence electrons. The van der Waals surface area contributed by atoms with E-state index in [1.165, 1.54) is 24.3 Å². The number of hydrogen-bond donors (Lipinski definition) is 0. The van der Waals surface area contributed by atoms with Crippen LogP contribution in [0.4, 0.5) is 5.88 Å². The lowest BCUT2D eigenvalue weighted by Gasteiger charge is -2.25. The maximum absolute atomic E-state index is 11.7. The summed E-state index contributed by atoms with van der Waals surface area (Å²) >= 11 is 0. The summed E-state index contributed by atoms with van der Waals surface area (Å²) in [7, 11) is 0. The fourth-order valence-electron chi connectivity index (χ4n) is 1.88. The highest BCUT2D eigenvalue weighted by Crippen LogP contribution is 2.16. The molecular formula is C13H16N2O5. The van der Waals surface area contributed by atoms with Crippen LogP contribution in [0, 0.1) is 10.1 Å². The predicted octanol–water partition coefficient (Wildman–Crippen LogP) is 1.49. The molecule has 0 N–H and O–H groups in total. The van der Waals surface area contributed by atoms with Gasteiger partial charge in [-0.3, -0.25) is 19.8 Å². The van der Waals surface area contributed by atoms with Crippen LogP contribution in [0.3, 0.4) is 0 Å². The number of hydrogen-bond acceptors (Lipinski definition) is 6. The number of nitro groups is 1. The van der Waals surface area contributed by atoms with Gasteiger partial charge in [0.15, 0.2) is 5.78 Å². The first-order valence-electron chi connectivity index (χ1n) is 6.40. The number of furan rings is 1. The van der Waals surface area contributed by atoms with E-state index < -0.39 is 4.92 Å². The largest absolute Gasteiger partial charge is 0.433 e. The molecular weight excluding hydrogens is 264 g/mol. The Kier molecular flexibility index (Phi) is 5.03. The summed E-state index contributed by atoms with van der Waals surface area (Å²) in [6.45, 7) is 3.81. The standard InChI is InChI=1S/C13H16N2O5/c16-11(5-6-14-7-9-19-10-8-14)1-2-12-3-4-13(20-12)15(17)18/h1-4H,5-10H2. The second kappa shape index (κ2) is 6.97. The molecule has 1 fully saturated rings. The normalized spacial score (nSPS) is 16.6. The zero-order valence-corrected chi connectivity index (χ0v) is 11.0. The topological polar surface area (TPSA) is 85.8 Å². The van der Waals surface area contributed by atoms with Gasteiger partial charge in [-0.2, -0.15) is 0 Å². The average Bonchev–Trinajstić information content (AvgIpc) is 2.93. The van der Waals surface area contributed by atoms with Gasteiger partial charge >= 0.3 is 5.88 Å². The molecule has 1 aromatic heterocycles. The van der Waals surface area contributed by atoms with E-state index in [2.05, 4.69) is 4.90 Å². The molecule has 0 spiro atoms. The van der Waals surface area contributed by atoms with E-state index in [0.29, 0.717) is 31.9 Å². The van der Waals surface area contributed by atoms with E-state index in [0.717, 1.165) is 13.1 Å². The summed E-state index contributed by atoms with van der Waals surface area (Å²) in [5.41, 5.74) is 0. The van der Waals surface area contributed by atoms with E-state index >= 15 is 0 Å². The Hall–Kier alpha value is -1.99. The molecule has 1 aliphatic heterocycles. The number of rotatable bonds is 6. The van der Waals surface area contributed by atoms with Crippen LogP contribution in [0.25, 0.3) is 6.08 Å². The predicted molar refractivity (Wildman–Crippen MR) is 71.3 cm³/mol. The fourth-order valence-corrected chi connectivity index (χ4v) is 1.88. The lowest BCUT2D eigenvalue weighted by Crippen LogP contribution is -2.37. The second-order valence-corrected chi connectivity index (χ2v) is 4.44. The lowest BCUT2D eigenvalue weighted by molar-refractivity contribution is -0.402. The molecule has 0 aromatic carbocycles. The van der Waals surface area contributed by atoms with Crippen molar-refractivity contribution in [3.8, 4) is 0 Å². The fraction of sp³-hybridized carbons (Fsp3) is 0.462. The van der Waals surface area contributed by atoms with E-state index in [1.807, 2.05) is 0 Å². The molecule has 0 aliphatic carbocycles. The van der Waals surface area contributed by atoms with Crippen molar-refractivity contribution in [2.45, 2.75) is 6.42 Å². The van der Waals surface area contributed by atoms with Gasteiger partial charge in [0.25, 0.3) is 0 Å². The molecule has 20 heavy (non-hydrogen) atoms. The third-order valence-corrected chi connectivity index (χ3v) is 3.00. The number of ether oxygens (including phenoxy) is 1. The Morgan fingerprint density at radius 3 is 2.80 bits per heavy atom. The average molecular weight is 280 g/mol. The zero-order chi connectivity index (χ0) is 14.4. The van der Waals surface area contributed by atoms with Crippen LogP contribution in [-0.2, 0) is 9.53 Å². The summed E-state index contributed by atoms with van der Waals surface area (Å²) in [5, 5.41) is 10.4. The molecule has 7 nitrogen and oxygen atoms in total. The maximum Gasteiger partial charge on any atom is 0.433 e. The van der Waals surface area contributed by atoms with E-state index in [-0.39, 0.29) is 11.7 Å². The summed E-state index contributed by atoms with van der Waals surface area (Å²) in [5.74, 6) is -0.0580. The molecule has 1 saturated heterocycles. The number of morpholine rings is 1. The van der Waals surface area contributed by atoms with Crippen LogP contribution in [0.5, 0.6) is 0 Å². The summed E-state index contributed by atoms with van der Waals surface area (Å²) < 4.78 is 10.2. The number of allylic oxidation sites excluding steroid dienone is 1. The molecule has 1 aromatic rings. The van der Waals surface area contributed by atoms with Gasteiger partial charge in [0.05, 0.1) is 19.3 Å². The molecule has 0 atom stereocenters. The molecule has 0 radical (unpaired) electrons. The maximum atomic E-state index is 11.7. The molecule has 2 heterocycles. The van der Waals surface area contributed by atoms with Gasteiger partial charge in [-0.15, -0.1) is 0 Å². The smallest absolute Gasteiger partial charge is 0.401 e. The minimum absolute atomic E-state index is 0.0319. The van der Waals surface area contributed by atoms with Crippen molar-refractivity contribution in [2.24, 2.45) is 0 Å². The Bertz CT molecular complexity index is 503. The number of ketones is 1. The highest BCUT2D eigenvalue weighted by atomic mass is 16.6. The van der Waals surface area contributed by atoms with Crippen molar-refractivity contribution >= 4 is 17.7 Å². The van der Waals surface area contributed by atoms with Gasteiger partial charge in [0, 0.05) is 26.1 Å². The van der Waals surface area contributed by atoms with Gasteiger partial charge in [0.2, 0.25) is 0 Å². The van der Waals surface area contributed by atoms with E-state index in [1.54, 1.807) is 0 Å². The monoisotopic (exact) mass is 280 g/mol. The van der Waals surface area contributed by atoms with Gasteiger partial charge in [-0.1, -0.05) is 0 Å². The first-order chi connectivity index (χ1) is 9.65. The molecule has 0 unspecified atom stereocenters. The molecule has 1 aliphatic rings. The minimum atomic E-state index is -0.614. The van der Waals surface area contributed by atoms with Crippen molar-refractivity contribution in [2.75, 3.05) is 32.8 Å².